The van der Waals surface area contributed by atoms with E-state index in [9.17, 15) is 9.59 Å². The van der Waals surface area contributed by atoms with Crippen molar-refractivity contribution in [2.24, 2.45) is 0 Å². The number of hydrogen-bond donors (Lipinski definition) is 3. The van der Waals surface area contributed by atoms with Gasteiger partial charge >= 0.3 is 0 Å². The number of hydrogen-bond acceptors (Lipinski definition) is 5. The maximum atomic E-state index is 12.9. The Morgan fingerprint density at radius 2 is 1.85 bits per heavy atom. The van der Waals surface area contributed by atoms with E-state index in [0.29, 0.717) is 22.8 Å². The fourth-order valence-electron chi connectivity index (χ4n) is 4.59. The van der Waals surface area contributed by atoms with Crippen LogP contribution in [0.5, 0.6) is 0 Å². The molecular weight excluding hydrogens is 416 g/mol. The minimum atomic E-state index is -0.275. The third-order valence-electron chi connectivity index (χ3n) is 6.44. The number of aromatic nitrogens is 4. The lowest BCUT2D eigenvalue weighted by atomic mass is 9.95. The van der Waals surface area contributed by atoms with Crippen LogP contribution in [-0.2, 0) is 0 Å². The van der Waals surface area contributed by atoms with Crippen LogP contribution in [0.2, 0.25) is 0 Å². The van der Waals surface area contributed by atoms with Crippen molar-refractivity contribution >= 4 is 27.8 Å². The van der Waals surface area contributed by atoms with E-state index in [4.69, 9.17) is 0 Å². The molecule has 0 radical (unpaired) electrons. The Morgan fingerprint density at radius 1 is 1.09 bits per heavy atom. The molecule has 3 N–H and O–H groups in total. The predicted octanol–water partition coefficient (Wildman–Crippen LogP) is 3.65. The van der Waals surface area contributed by atoms with Crippen molar-refractivity contribution in [2.45, 2.75) is 57.7 Å². The van der Waals surface area contributed by atoms with Crippen LogP contribution in [0.15, 0.2) is 53.3 Å². The summed E-state index contributed by atoms with van der Waals surface area (Å²) in [7, 11) is 0. The van der Waals surface area contributed by atoms with Crippen LogP contribution in [0.4, 0.5) is 0 Å². The van der Waals surface area contributed by atoms with Crippen LogP contribution in [0, 0.1) is 0 Å². The average Bonchev–Trinajstić information content (AvgIpc) is 3.21. The van der Waals surface area contributed by atoms with Crippen molar-refractivity contribution in [1.29, 1.82) is 0 Å². The first kappa shape index (κ1) is 21.3. The highest BCUT2D eigenvalue weighted by Crippen LogP contribution is 2.20. The molecule has 1 atom stereocenters. The lowest BCUT2D eigenvalue weighted by Crippen LogP contribution is -2.49. The number of carbonyl (C=O) groups excluding carboxylic acids is 1. The molecule has 0 spiro atoms. The van der Waals surface area contributed by atoms with Gasteiger partial charge in [-0.3, -0.25) is 20.0 Å². The van der Waals surface area contributed by atoms with Gasteiger partial charge in [0.25, 0.3) is 11.5 Å². The van der Waals surface area contributed by atoms with Gasteiger partial charge in [-0.2, -0.15) is 0 Å². The Balaban J connectivity index is 1.35. The normalized spacial score (nSPS) is 15.7. The van der Waals surface area contributed by atoms with Crippen molar-refractivity contribution in [3.05, 3.63) is 64.4 Å². The lowest BCUT2D eigenvalue weighted by Gasteiger charge is -2.28. The van der Waals surface area contributed by atoms with Gasteiger partial charge in [0.1, 0.15) is 0 Å². The molecule has 4 aromatic rings. The molecule has 2 aromatic carbocycles. The monoisotopic (exact) mass is 444 g/mol. The summed E-state index contributed by atoms with van der Waals surface area (Å²) in [5, 5.41) is 18.9. The molecule has 1 saturated carbocycles. The highest BCUT2D eigenvalue weighted by atomic mass is 16.2. The molecule has 5 rings (SSSR count). The summed E-state index contributed by atoms with van der Waals surface area (Å²) in [6.45, 7) is 2.07. The molecule has 0 bridgehead atoms. The van der Waals surface area contributed by atoms with Crippen molar-refractivity contribution < 1.29 is 4.79 Å². The smallest absolute Gasteiger partial charge is 0.299 e. The van der Waals surface area contributed by atoms with Gasteiger partial charge in [0, 0.05) is 17.0 Å². The maximum absolute atomic E-state index is 12.9. The molecule has 1 fully saturated rings. The summed E-state index contributed by atoms with van der Waals surface area (Å²) in [6, 6.07) is 15.0. The zero-order valence-electron chi connectivity index (χ0n) is 18.7. The topological polar surface area (TPSA) is 105 Å². The van der Waals surface area contributed by atoms with Gasteiger partial charge in [-0.15, -0.1) is 10.2 Å². The van der Waals surface area contributed by atoms with E-state index < -0.39 is 0 Å². The summed E-state index contributed by atoms with van der Waals surface area (Å²) in [5.74, 6) is -0.127. The third kappa shape index (κ3) is 4.26. The second kappa shape index (κ2) is 9.15. The van der Waals surface area contributed by atoms with E-state index in [0.717, 1.165) is 17.3 Å². The molecule has 2 aromatic heterocycles. The number of rotatable bonds is 6. The Labute approximate surface area is 191 Å². The molecule has 0 aliphatic heterocycles. The van der Waals surface area contributed by atoms with E-state index in [1.54, 1.807) is 24.3 Å². The van der Waals surface area contributed by atoms with Crippen LogP contribution < -0.4 is 16.2 Å². The first-order valence-corrected chi connectivity index (χ1v) is 11.7. The largest absolute Gasteiger partial charge is 0.337 e. The summed E-state index contributed by atoms with van der Waals surface area (Å²) in [6.07, 6.45) is 6.90. The van der Waals surface area contributed by atoms with Gasteiger partial charge in [-0.1, -0.05) is 44.4 Å². The molecule has 8 nitrogen and oxygen atoms in total. The Morgan fingerprint density at radius 3 is 2.61 bits per heavy atom. The van der Waals surface area contributed by atoms with Crippen molar-refractivity contribution in [3.8, 4) is 5.69 Å². The Bertz CT molecular complexity index is 1330. The molecule has 1 aliphatic carbocycles. The number of nitrogens with zero attached hydrogens (tertiary/aromatic N) is 3. The summed E-state index contributed by atoms with van der Waals surface area (Å²) < 4.78 is 1.44. The molecule has 1 amide bonds. The van der Waals surface area contributed by atoms with Gasteiger partial charge in [-0.05, 0) is 49.6 Å². The quantitative estimate of drug-likeness (QED) is 0.394. The molecule has 1 aliphatic rings. The average molecular weight is 445 g/mol. The van der Waals surface area contributed by atoms with E-state index in [2.05, 4.69) is 32.9 Å². The number of carbonyl (C=O) groups is 1. The number of aromatic amines is 1. The second-order valence-electron chi connectivity index (χ2n) is 8.68. The van der Waals surface area contributed by atoms with Crippen LogP contribution in [0.3, 0.4) is 0 Å². The SMILES string of the molecule is CCC(NC(=O)c1ccc(-n2[nH]c3c(nnc4ccccc43)c2=O)cc1)NC1CCCCC1. The number of benzene rings is 2. The summed E-state index contributed by atoms with van der Waals surface area (Å²) in [5.41, 5.74) is 2.56. The number of H-pyrrole nitrogens is 1. The molecular formula is C25H28N6O2. The standard InChI is InChI=1S/C25H28N6O2/c1-2-21(26-17-8-4-3-5-9-17)27-24(32)16-12-14-18(15-13-16)31-25(33)23-22(30-31)19-10-6-7-11-20(19)28-29-23/h6-7,10-15,17,21,26,30H,2-5,8-9H2,1H3,(H,27,32). The summed E-state index contributed by atoms with van der Waals surface area (Å²) >= 11 is 0. The van der Waals surface area contributed by atoms with Gasteiger partial charge < -0.3 is 5.32 Å². The third-order valence-corrected chi connectivity index (χ3v) is 6.44. The van der Waals surface area contributed by atoms with Gasteiger partial charge in [0.05, 0.1) is 22.9 Å². The van der Waals surface area contributed by atoms with Crippen LogP contribution in [0.1, 0.15) is 55.8 Å². The first-order chi connectivity index (χ1) is 16.1. The number of amides is 1. The van der Waals surface area contributed by atoms with Crippen molar-refractivity contribution in [3.63, 3.8) is 0 Å². The van der Waals surface area contributed by atoms with Gasteiger partial charge in [0.15, 0.2) is 5.52 Å². The van der Waals surface area contributed by atoms with Crippen molar-refractivity contribution in [2.75, 3.05) is 0 Å². The molecule has 33 heavy (non-hydrogen) atoms. The lowest BCUT2D eigenvalue weighted by molar-refractivity contribution is 0.0922. The van der Waals surface area contributed by atoms with Crippen LogP contribution in [-0.4, -0.2) is 38.1 Å². The molecule has 2 heterocycles. The molecule has 1 unspecified atom stereocenters. The van der Waals surface area contributed by atoms with Crippen LogP contribution >= 0.6 is 0 Å². The minimum Gasteiger partial charge on any atom is -0.337 e. The van der Waals surface area contributed by atoms with E-state index >= 15 is 0 Å². The zero-order valence-corrected chi connectivity index (χ0v) is 18.7. The first-order valence-electron chi connectivity index (χ1n) is 11.7. The van der Waals surface area contributed by atoms with E-state index in [1.165, 1.54) is 36.8 Å². The zero-order chi connectivity index (χ0) is 22.8. The highest BCUT2D eigenvalue weighted by Gasteiger charge is 2.19. The van der Waals surface area contributed by atoms with E-state index in [-0.39, 0.29) is 23.1 Å². The predicted molar refractivity (Wildman–Crippen MR) is 129 cm³/mol. The fourth-order valence-corrected chi connectivity index (χ4v) is 4.59. The second-order valence-corrected chi connectivity index (χ2v) is 8.68. The Kier molecular flexibility index (Phi) is 5.92. The maximum Gasteiger partial charge on any atom is 0.299 e. The van der Waals surface area contributed by atoms with E-state index in [1.807, 2.05) is 24.3 Å². The van der Waals surface area contributed by atoms with Gasteiger partial charge in [-0.25, -0.2) is 4.68 Å². The van der Waals surface area contributed by atoms with Crippen molar-refractivity contribution in [1.82, 2.24) is 30.6 Å². The molecule has 8 heteroatoms. The minimum absolute atomic E-state index is 0.0524. The molecule has 0 saturated heterocycles. The number of nitrogens with one attached hydrogen (secondary N) is 3. The highest BCUT2D eigenvalue weighted by molar-refractivity contribution is 6.00. The van der Waals surface area contributed by atoms with Gasteiger partial charge in [0.2, 0.25) is 0 Å². The van der Waals surface area contributed by atoms with Crippen LogP contribution in [0.25, 0.3) is 27.6 Å². The molecule has 170 valence electrons. The fraction of sp³-hybridized carbons (Fsp3) is 0.360. The number of fused-ring (bicyclic) bond motifs is 3. The Hall–Kier alpha value is -3.52. The summed E-state index contributed by atoms with van der Waals surface area (Å²) in [4.78, 5) is 25.7.